The summed E-state index contributed by atoms with van der Waals surface area (Å²) in [5.41, 5.74) is 7.75. The zero-order valence-corrected chi connectivity index (χ0v) is 10.1. The molecule has 0 aliphatic heterocycles. The molecule has 0 bridgehead atoms. The van der Waals surface area contributed by atoms with Crippen LogP contribution in [0.25, 0.3) is 11.0 Å². The first kappa shape index (κ1) is 12.4. The van der Waals surface area contributed by atoms with Crippen molar-refractivity contribution in [3.8, 4) is 0 Å². The molecular weight excluding hydrogens is 228 g/mol. The van der Waals surface area contributed by atoms with E-state index in [2.05, 4.69) is 15.3 Å². The largest absolute Gasteiger partial charge is 0.370 e. The van der Waals surface area contributed by atoms with E-state index in [1.54, 1.807) is 6.20 Å². The van der Waals surface area contributed by atoms with Gasteiger partial charge in [0.25, 0.3) is 0 Å². The number of amides is 1. The molecule has 94 valence electrons. The molecule has 1 aromatic heterocycles. The number of nitrogens with zero attached hydrogens (tertiary/aromatic N) is 2. The molecule has 0 saturated heterocycles. The van der Waals surface area contributed by atoms with E-state index in [9.17, 15) is 4.79 Å². The van der Waals surface area contributed by atoms with Crippen LogP contribution in [0.2, 0.25) is 0 Å². The van der Waals surface area contributed by atoms with Crippen LogP contribution in [0.4, 0.5) is 0 Å². The number of nitrogens with one attached hydrogen (secondary N) is 1. The predicted molar refractivity (Wildman–Crippen MR) is 69.7 cm³/mol. The Morgan fingerprint density at radius 1 is 1.28 bits per heavy atom. The fraction of sp³-hybridized carbons (Fsp3) is 0.308. The number of para-hydroxylation sites is 2. The number of carbonyl (C=O) groups is 1. The number of hydrogen-bond donors (Lipinski definition) is 2. The highest BCUT2D eigenvalue weighted by molar-refractivity contribution is 5.74. The second-order valence-electron chi connectivity index (χ2n) is 4.10. The molecule has 3 N–H and O–H groups in total. The van der Waals surface area contributed by atoms with Gasteiger partial charge in [-0.05, 0) is 25.1 Å². The molecule has 5 heteroatoms. The standard InChI is InChI=1S/C13H16N4O/c14-13(18)6-3-7-15-8-10-9-16-11-4-1-2-5-12(11)17-10/h1-2,4-5,9,15H,3,6-8H2,(H2,14,18). The van der Waals surface area contributed by atoms with Crippen LogP contribution in [-0.2, 0) is 11.3 Å². The van der Waals surface area contributed by atoms with E-state index >= 15 is 0 Å². The van der Waals surface area contributed by atoms with Gasteiger partial charge in [0.15, 0.2) is 0 Å². The molecule has 0 aliphatic carbocycles. The summed E-state index contributed by atoms with van der Waals surface area (Å²) in [5.74, 6) is -0.262. The van der Waals surface area contributed by atoms with Gasteiger partial charge >= 0.3 is 0 Å². The number of fused-ring (bicyclic) bond motifs is 1. The van der Waals surface area contributed by atoms with Gasteiger partial charge in [0.2, 0.25) is 5.91 Å². The molecule has 0 atom stereocenters. The smallest absolute Gasteiger partial charge is 0.217 e. The third-order valence-electron chi connectivity index (χ3n) is 2.58. The van der Waals surface area contributed by atoms with Gasteiger partial charge in [-0.15, -0.1) is 0 Å². The number of benzene rings is 1. The first-order chi connectivity index (χ1) is 8.75. The summed E-state index contributed by atoms with van der Waals surface area (Å²) in [6, 6.07) is 7.77. The molecule has 5 nitrogen and oxygen atoms in total. The van der Waals surface area contributed by atoms with E-state index in [1.165, 1.54) is 0 Å². The summed E-state index contributed by atoms with van der Waals surface area (Å²) in [6.45, 7) is 1.40. The molecule has 1 amide bonds. The highest BCUT2D eigenvalue weighted by Crippen LogP contribution is 2.08. The number of hydrogen-bond acceptors (Lipinski definition) is 4. The molecule has 2 rings (SSSR count). The molecule has 2 aromatic rings. The second kappa shape index (κ2) is 6.07. The lowest BCUT2D eigenvalue weighted by Crippen LogP contribution is -2.18. The topological polar surface area (TPSA) is 80.9 Å². The first-order valence-corrected chi connectivity index (χ1v) is 5.95. The van der Waals surface area contributed by atoms with Crippen molar-refractivity contribution >= 4 is 16.9 Å². The van der Waals surface area contributed by atoms with Crippen LogP contribution in [0.3, 0.4) is 0 Å². The van der Waals surface area contributed by atoms with Crippen molar-refractivity contribution in [2.24, 2.45) is 5.73 Å². The SMILES string of the molecule is NC(=O)CCCNCc1cnc2ccccc2n1. The zero-order chi connectivity index (χ0) is 12.8. The van der Waals surface area contributed by atoms with Gasteiger partial charge in [-0.3, -0.25) is 9.78 Å². The Morgan fingerprint density at radius 2 is 2.06 bits per heavy atom. The van der Waals surface area contributed by atoms with Gasteiger partial charge in [0.05, 0.1) is 22.9 Å². The van der Waals surface area contributed by atoms with Gasteiger partial charge in [-0.1, -0.05) is 12.1 Å². The molecule has 0 saturated carbocycles. The lowest BCUT2D eigenvalue weighted by Gasteiger charge is -2.04. The average Bonchev–Trinajstić information content (AvgIpc) is 2.38. The molecular formula is C13H16N4O. The maximum atomic E-state index is 10.6. The first-order valence-electron chi connectivity index (χ1n) is 5.95. The van der Waals surface area contributed by atoms with Crippen LogP contribution in [0, 0.1) is 0 Å². The van der Waals surface area contributed by atoms with Crippen LogP contribution in [0.5, 0.6) is 0 Å². The van der Waals surface area contributed by atoms with Crippen molar-refractivity contribution < 1.29 is 4.79 Å². The Labute approximate surface area is 105 Å². The minimum Gasteiger partial charge on any atom is -0.370 e. The summed E-state index contributed by atoms with van der Waals surface area (Å²) in [4.78, 5) is 19.4. The highest BCUT2D eigenvalue weighted by Gasteiger charge is 1.99. The van der Waals surface area contributed by atoms with Gasteiger partial charge in [-0.2, -0.15) is 0 Å². The quantitative estimate of drug-likeness (QED) is 0.742. The Balaban J connectivity index is 1.86. The minimum atomic E-state index is -0.262. The normalized spacial score (nSPS) is 10.7. The van der Waals surface area contributed by atoms with E-state index in [0.29, 0.717) is 13.0 Å². The van der Waals surface area contributed by atoms with E-state index in [-0.39, 0.29) is 5.91 Å². The van der Waals surface area contributed by atoms with Gasteiger partial charge < -0.3 is 11.1 Å². The zero-order valence-electron chi connectivity index (χ0n) is 10.1. The van der Waals surface area contributed by atoms with Gasteiger partial charge in [-0.25, -0.2) is 4.98 Å². The van der Waals surface area contributed by atoms with Crippen LogP contribution < -0.4 is 11.1 Å². The molecule has 1 aromatic carbocycles. The van der Waals surface area contributed by atoms with Crippen molar-refractivity contribution in [3.05, 3.63) is 36.2 Å². The van der Waals surface area contributed by atoms with E-state index in [4.69, 9.17) is 5.73 Å². The third kappa shape index (κ3) is 3.49. The maximum absolute atomic E-state index is 10.6. The van der Waals surface area contributed by atoms with Crippen LogP contribution in [0.15, 0.2) is 30.5 Å². The molecule has 0 radical (unpaired) electrons. The van der Waals surface area contributed by atoms with Crippen molar-refractivity contribution in [1.29, 1.82) is 0 Å². The summed E-state index contributed by atoms with van der Waals surface area (Å²) in [7, 11) is 0. The number of primary amides is 1. The Morgan fingerprint density at radius 3 is 2.83 bits per heavy atom. The van der Waals surface area contributed by atoms with Crippen molar-refractivity contribution in [3.63, 3.8) is 0 Å². The van der Waals surface area contributed by atoms with E-state index in [0.717, 1.165) is 29.7 Å². The third-order valence-corrected chi connectivity index (χ3v) is 2.58. The van der Waals surface area contributed by atoms with Crippen LogP contribution in [0.1, 0.15) is 18.5 Å². The fourth-order valence-electron chi connectivity index (χ4n) is 1.68. The van der Waals surface area contributed by atoms with Crippen LogP contribution >= 0.6 is 0 Å². The van der Waals surface area contributed by atoms with Gasteiger partial charge in [0.1, 0.15) is 0 Å². The Bertz CT molecular complexity index is 541. The maximum Gasteiger partial charge on any atom is 0.217 e. The molecule has 18 heavy (non-hydrogen) atoms. The lowest BCUT2D eigenvalue weighted by atomic mass is 10.3. The summed E-state index contributed by atoms with van der Waals surface area (Å²) in [5, 5.41) is 3.21. The monoisotopic (exact) mass is 244 g/mol. The molecule has 0 aliphatic rings. The number of rotatable bonds is 6. The summed E-state index contributed by atoms with van der Waals surface area (Å²) < 4.78 is 0. The Hall–Kier alpha value is -2.01. The number of aromatic nitrogens is 2. The average molecular weight is 244 g/mol. The lowest BCUT2D eigenvalue weighted by molar-refractivity contribution is -0.118. The highest BCUT2D eigenvalue weighted by atomic mass is 16.1. The fourth-order valence-corrected chi connectivity index (χ4v) is 1.68. The Kier molecular flexibility index (Phi) is 4.20. The van der Waals surface area contributed by atoms with Gasteiger partial charge in [0, 0.05) is 13.0 Å². The predicted octanol–water partition coefficient (Wildman–Crippen LogP) is 0.985. The number of carbonyl (C=O) groups excluding carboxylic acids is 1. The van der Waals surface area contributed by atoms with Crippen molar-refractivity contribution in [2.75, 3.05) is 6.54 Å². The summed E-state index contributed by atoms with van der Waals surface area (Å²) in [6.07, 6.45) is 2.93. The second-order valence-corrected chi connectivity index (χ2v) is 4.10. The van der Waals surface area contributed by atoms with E-state index in [1.807, 2.05) is 24.3 Å². The minimum absolute atomic E-state index is 0.262. The molecule has 0 unspecified atom stereocenters. The van der Waals surface area contributed by atoms with E-state index < -0.39 is 0 Å². The van der Waals surface area contributed by atoms with Crippen molar-refractivity contribution in [1.82, 2.24) is 15.3 Å². The number of nitrogens with two attached hydrogens (primary N) is 1. The summed E-state index contributed by atoms with van der Waals surface area (Å²) >= 11 is 0. The van der Waals surface area contributed by atoms with Crippen LogP contribution in [-0.4, -0.2) is 22.4 Å². The van der Waals surface area contributed by atoms with Crippen molar-refractivity contribution in [2.45, 2.75) is 19.4 Å². The molecule has 0 fully saturated rings. The molecule has 1 heterocycles. The molecule has 0 spiro atoms.